The second-order valence-electron chi connectivity index (χ2n) is 4.50. The standard InChI is InChI=1S/C16H17ClN2O2/c17-15-7-9-18-11-14(15)16(20)19-8-4-10-21-12-13-5-2-1-3-6-13/h1-3,5-7,9,11H,4,8,10,12H2,(H,19,20). The van der Waals surface area contributed by atoms with Gasteiger partial charge in [0, 0.05) is 25.5 Å². The summed E-state index contributed by atoms with van der Waals surface area (Å²) < 4.78 is 5.54. The number of hydrogen-bond donors (Lipinski definition) is 1. The van der Waals surface area contributed by atoms with Crippen LogP contribution in [0, 0.1) is 0 Å². The van der Waals surface area contributed by atoms with Crippen molar-refractivity contribution in [3.63, 3.8) is 0 Å². The summed E-state index contributed by atoms with van der Waals surface area (Å²) in [7, 11) is 0. The minimum atomic E-state index is -0.212. The quantitative estimate of drug-likeness (QED) is 0.800. The van der Waals surface area contributed by atoms with E-state index in [0.717, 1.165) is 12.0 Å². The molecule has 1 aromatic carbocycles. The first kappa shape index (κ1) is 15.5. The van der Waals surface area contributed by atoms with E-state index in [9.17, 15) is 4.79 Å². The highest BCUT2D eigenvalue weighted by Gasteiger charge is 2.08. The summed E-state index contributed by atoms with van der Waals surface area (Å²) in [6.07, 6.45) is 3.76. The van der Waals surface area contributed by atoms with Crippen LogP contribution >= 0.6 is 11.6 Å². The van der Waals surface area contributed by atoms with E-state index in [4.69, 9.17) is 16.3 Å². The fourth-order valence-corrected chi connectivity index (χ4v) is 1.97. The van der Waals surface area contributed by atoms with Gasteiger partial charge in [0.25, 0.3) is 5.91 Å². The van der Waals surface area contributed by atoms with Crippen molar-refractivity contribution in [3.05, 3.63) is 64.9 Å². The van der Waals surface area contributed by atoms with E-state index >= 15 is 0 Å². The molecule has 4 nitrogen and oxygen atoms in total. The maximum Gasteiger partial charge on any atom is 0.254 e. The predicted molar refractivity (Wildman–Crippen MR) is 82.3 cm³/mol. The molecule has 0 fully saturated rings. The monoisotopic (exact) mass is 304 g/mol. The number of hydrogen-bond acceptors (Lipinski definition) is 3. The number of pyridine rings is 1. The van der Waals surface area contributed by atoms with Gasteiger partial charge in [-0.25, -0.2) is 0 Å². The molecule has 0 aliphatic heterocycles. The molecule has 0 saturated heterocycles. The van der Waals surface area contributed by atoms with Crippen LogP contribution in [-0.4, -0.2) is 24.0 Å². The minimum absolute atomic E-state index is 0.212. The van der Waals surface area contributed by atoms with Crippen LogP contribution in [0.15, 0.2) is 48.8 Å². The third-order valence-electron chi connectivity index (χ3n) is 2.88. The Balaban J connectivity index is 1.62. The normalized spacial score (nSPS) is 10.3. The van der Waals surface area contributed by atoms with Gasteiger partial charge in [-0.3, -0.25) is 9.78 Å². The van der Waals surface area contributed by atoms with Gasteiger partial charge in [0.05, 0.1) is 17.2 Å². The Morgan fingerprint density at radius 1 is 1.24 bits per heavy atom. The molecule has 0 aliphatic rings. The van der Waals surface area contributed by atoms with E-state index < -0.39 is 0 Å². The van der Waals surface area contributed by atoms with E-state index in [1.807, 2.05) is 30.3 Å². The number of rotatable bonds is 7. The van der Waals surface area contributed by atoms with Crippen molar-refractivity contribution in [3.8, 4) is 0 Å². The van der Waals surface area contributed by atoms with Crippen LogP contribution in [0.25, 0.3) is 0 Å². The van der Waals surface area contributed by atoms with Crippen molar-refractivity contribution >= 4 is 17.5 Å². The van der Waals surface area contributed by atoms with Crippen molar-refractivity contribution in [1.82, 2.24) is 10.3 Å². The largest absolute Gasteiger partial charge is 0.377 e. The Hall–Kier alpha value is -1.91. The highest BCUT2D eigenvalue weighted by molar-refractivity contribution is 6.33. The summed E-state index contributed by atoms with van der Waals surface area (Å²) in [6.45, 7) is 1.72. The Bertz CT molecular complexity index is 575. The topological polar surface area (TPSA) is 51.2 Å². The zero-order chi connectivity index (χ0) is 14.9. The van der Waals surface area contributed by atoms with Gasteiger partial charge in [-0.1, -0.05) is 41.9 Å². The second kappa shape index (κ2) is 8.39. The summed E-state index contributed by atoms with van der Waals surface area (Å²) in [6, 6.07) is 11.6. The van der Waals surface area contributed by atoms with Gasteiger partial charge in [0.1, 0.15) is 0 Å². The third-order valence-corrected chi connectivity index (χ3v) is 3.20. The lowest BCUT2D eigenvalue weighted by Crippen LogP contribution is -2.25. The lowest BCUT2D eigenvalue weighted by Gasteiger charge is -2.07. The molecule has 0 radical (unpaired) electrons. The number of halogens is 1. The molecule has 110 valence electrons. The minimum Gasteiger partial charge on any atom is -0.377 e. The third kappa shape index (κ3) is 5.17. The van der Waals surface area contributed by atoms with Crippen molar-refractivity contribution in [1.29, 1.82) is 0 Å². The molecule has 0 saturated carbocycles. The van der Waals surface area contributed by atoms with Crippen LogP contribution in [0.2, 0.25) is 5.02 Å². The number of aromatic nitrogens is 1. The van der Waals surface area contributed by atoms with Gasteiger partial charge < -0.3 is 10.1 Å². The average molecular weight is 305 g/mol. The van der Waals surface area contributed by atoms with Gasteiger partial charge in [0.15, 0.2) is 0 Å². The maximum absolute atomic E-state index is 11.8. The molecule has 0 atom stereocenters. The Morgan fingerprint density at radius 2 is 2.05 bits per heavy atom. The first-order valence-electron chi connectivity index (χ1n) is 6.77. The number of nitrogens with one attached hydrogen (secondary N) is 1. The molecular formula is C16H17ClN2O2. The Labute approximate surface area is 129 Å². The molecule has 1 N–H and O–H groups in total. The summed E-state index contributed by atoms with van der Waals surface area (Å²) in [5.74, 6) is -0.212. The lowest BCUT2D eigenvalue weighted by molar-refractivity contribution is 0.0934. The highest BCUT2D eigenvalue weighted by atomic mass is 35.5. The zero-order valence-electron chi connectivity index (χ0n) is 11.6. The fraction of sp³-hybridized carbons (Fsp3) is 0.250. The Morgan fingerprint density at radius 3 is 2.81 bits per heavy atom. The molecule has 0 unspecified atom stereocenters. The van der Waals surface area contributed by atoms with Crippen LogP contribution < -0.4 is 5.32 Å². The predicted octanol–water partition coefficient (Wildman–Crippen LogP) is 3.07. The first-order valence-corrected chi connectivity index (χ1v) is 7.14. The molecule has 1 amide bonds. The summed E-state index contributed by atoms with van der Waals surface area (Å²) in [5.41, 5.74) is 1.54. The Kier molecular flexibility index (Phi) is 6.19. The fourth-order valence-electron chi connectivity index (χ4n) is 1.78. The average Bonchev–Trinajstić information content (AvgIpc) is 2.52. The van der Waals surface area contributed by atoms with Crippen molar-refractivity contribution in [2.75, 3.05) is 13.2 Å². The summed E-state index contributed by atoms with van der Waals surface area (Å²) >= 11 is 5.92. The summed E-state index contributed by atoms with van der Waals surface area (Å²) in [4.78, 5) is 15.7. The SMILES string of the molecule is O=C(NCCCOCc1ccccc1)c1cnccc1Cl. The second-order valence-corrected chi connectivity index (χ2v) is 4.91. The van der Waals surface area contributed by atoms with Crippen LogP contribution in [0.4, 0.5) is 0 Å². The number of benzene rings is 1. The number of nitrogens with zero attached hydrogens (tertiary/aromatic N) is 1. The number of amides is 1. The molecule has 1 aromatic heterocycles. The van der Waals surface area contributed by atoms with Crippen LogP contribution in [0.1, 0.15) is 22.3 Å². The van der Waals surface area contributed by atoms with E-state index in [-0.39, 0.29) is 5.91 Å². The number of carbonyl (C=O) groups is 1. The van der Waals surface area contributed by atoms with Crippen molar-refractivity contribution in [2.24, 2.45) is 0 Å². The van der Waals surface area contributed by atoms with E-state index in [1.165, 1.54) is 6.20 Å². The highest BCUT2D eigenvalue weighted by Crippen LogP contribution is 2.12. The molecule has 5 heteroatoms. The molecule has 0 spiro atoms. The zero-order valence-corrected chi connectivity index (χ0v) is 12.3. The lowest BCUT2D eigenvalue weighted by atomic mass is 10.2. The maximum atomic E-state index is 11.8. The van der Waals surface area contributed by atoms with Gasteiger partial charge >= 0.3 is 0 Å². The smallest absolute Gasteiger partial charge is 0.254 e. The first-order chi connectivity index (χ1) is 10.3. The van der Waals surface area contributed by atoms with Crippen LogP contribution in [0.3, 0.4) is 0 Å². The van der Waals surface area contributed by atoms with E-state index in [2.05, 4.69) is 10.3 Å². The number of ether oxygens (including phenoxy) is 1. The van der Waals surface area contributed by atoms with Gasteiger partial charge in [0.2, 0.25) is 0 Å². The van der Waals surface area contributed by atoms with Crippen LogP contribution in [-0.2, 0) is 11.3 Å². The van der Waals surface area contributed by atoms with Crippen molar-refractivity contribution < 1.29 is 9.53 Å². The van der Waals surface area contributed by atoms with Crippen LogP contribution in [0.5, 0.6) is 0 Å². The molecule has 2 aromatic rings. The molecule has 2 rings (SSSR count). The van der Waals surface area contributed by atoms with Gasteiger partial charge in [-0.2, -0.15) is 0 Å². The molecule has 0 bridgehead atoms. The molecule has 21 heavy (non-hydrogen) atoms. The molecule has 0 aliphatic carbocycles. The summed E-state index contributed by atoms with van der Waals surface area (Å²) in [5, 5.41) is 3.20. The van der Waals surface area contributed by atoms with Crippen molar-refractivity contribution in [2.45, 2.75) is 13.0 Å². The number of carbonyl (C=O) groups excluding carboxylic acids is 1. The van der Waals surface area contributed by atoms with E-state index in [0.29, 0.717) is 30.3 Å². The van der Waals surface area contributed by atoms with E-state index in [1.54, 1.807) is 12.3 Å². The molecule has 1 heterocycles. The van der Waals surface area contributed by atoms with Gasteiger partial charge in [-0.15, -0.1) is 0 Å². The van der Waals surface area contributed by atoms with Gasteiger partial charge in [-0.05, 0) is 18.1 Å². The molecular weight excluding hydrogens is 288 g/mol.